The lowest BCUT2D eigenvalue weighted by Gasteiger charge is -2.37. The summed E-state index contributed by atoms with van der Waals surface area (Å²) in [6.07, 6.45) is 0. The lowest BCUT2D eigenvalue weighted by atomic mass is 10.1. The van der Waals surface area contributed by atoms with Gasteiger partial charge in [-0.25, -0.2) is 8.42 Å². The minimum absolute atomic E-state index is 0.0628. The molecule has 2 heterocycles. The van der Waals surface area contributed by atoms with Gasteiger partial charge in [0.15, 0.2) is 0 Å². The Morgan fingerprint density at radius 2 is 1.76 bits per heavy atom. The summed E-state index contributed by atoms with van der Waals surface area (Å²) in [6.45, 7) is 11.8. The Labute approximate surface area is 197 Å². The molecule has 9 nitrogen and oxygen atoms in total. The van der Waals surface area contributed by atoms with Crippen LogP contribution in [0.2, 0.25) is 0 Å². The van der Waals surface area contributed by atoms with Crippen LogP contribution in [0.15, 0.2) is 17.0 Å². The van der Waals surface area contributed by atoms with Crippen molar-refractivity contribution < 1.29 is 27.4 Å². The second-order valence-corrected chi connectivity index (χ2v) is 10.8. The molecule has 10 heteroatoms. The quantitative estimate of drug-likeness (QED) is 0.550. The first-order valence-corrected chi connectivity index (χ1v) is 12.9. The van der Waals surface area contributed by atoms with E-state index < -0.39 is 16.1 Å². The standard InChI is InChI=1S/C23H37N3O6S/c1-17(2)24-6-8-25(9-7-24)22(27)16-32-15-20-14-31-11-10-26(20)33(28,29)23-18(3)12-21(30-5)13-19(23)4/h12-13,17,20H,6-11,14-16H2,1-5H3/t20-/m0/s1. The minimum Gasteiger partial charge on any atom is -0.497 e. The van der Waals surface area contributed by atoms with Crippen molar-refractivity contribution in [1.82, 2.24) is 14.1 Å². The summed E-state index contributed by atoms with van der Waals surface area (Å²) in [7, 11) is -2.21. The van der Waals surface area contributed by atoms with E-state index >= 15 is 0 Å². The second kappa shape index (κ2) is 11.1. The molecule has 1 aromatic rings. The number of amides is 1. The zero-order valence-corrected chi connectivity index (χ0v) is 21.2. The first-order chi connectivity index (χ1) is 15.6. The molecular weight excluding hydrogens is 446 g/mol. The number of hydrogen-bond donors (Lipinski definition) is 0. The number of benzene rings is 1. The number of ether oxygens (including phenoxy) is 3. The molecule has 0 aliphatic carbocycles. The Balaban J connectivity index is 1.62. The van der Waals surface area contributed by atoms with Crippen molar-refractivity contribution in [3.8, 4) is 5.75 Å². The Hall–Kier alpha value is -1.72. The van der Waals surface area contributed by atoms with Crippen LogP contribution >= 0.6 is 0 Å². The molecule has 1 amide bonds. The number of rotatable bonds is 8. The molecule has 186 valence electrons. The van der Waals surface area contributed by atoms with Crippen molar-refractivity contribution in [3.05, 3.63) is 23.3 Å². The van der Waals surface area contributed by atoms with Crippen LogP contribution in [-0.4, -0.2) is 107 Å². The van der Waals surface area contributed by atoms with Crippen LogP contribution in [0.25, 0.3) is 0 Å². The van der Waals surface area contributed by atoms with Crippen molar-refractivity contribution in [2.24, 2.45) is 0 Å². The first-order valence-electron chi connectivity index (χ1n) is 11.5. The van der Waals surface area contributed by atoms with Crippen LogP contribution in [0.1, 0.15) is 25.0 Å². The average molecular weight is 484 g/mol. The van der Waals surface area contributed by atoms with Gasteiger partial charge >= 0.3 is 0 Å². The molecule has 0 N–H and O–H groups in total. The number of carbonyl (C=O) groups excluding carboxylic acids is 1. The highest BCUT2D eigenvalue weighted by atomic mass is 32.2. The van der Waals surface area contributed by atoms with Gasteiger partial charge in [0.25, 0.3) is 0 Å². The third kappa shape index (κ3) is 6.05. The molecular formula is C23H37N3O6S. The van der Waals surface area contributed by atoms with Gasteiger partial charge in [0, 0.05) is 38.8 Å². The summed E-state index contributed by atoms with van der Waals surface area (Å²) >= 11 is 0. The highest BCUT2D eigenvalue weighted by Crippen LogP contribution is 2.30. The van der Waals surface area contributed by atoms with Crippen molar-refractivity contribution >= 4 is 15.9 Å². The maximum atomic E-state index is 13.6. The summed E-state index contributed by atoms with van der Waals surface area (Å²) in [5, 5.41) is 0. The molecule has 0 unspecified atom stereocenters. The molecule has 0 aromatic heterocycles. The largest absolute Gasteiger partial charge is 0.497 e. The van der Waals surface area contributed by atoms with Gasteiger partial charge in [-0.05, 0) is 51.0 Å². The molecule has 0 spiro atoms. The predicted octanol–water partition coefficient (Wildman–Crippen LogP) is 1.27. The van der Waals surface area contributed by atoms with E-state index in [2.05, 4.69) is 18.7 Å². The molecule has 0 saturated carbocycles. The van der Waals surface area contributed by atoms with E-state index in [1.54, 1.807) is 33.1 Å². The highest BCUT2D eigenvalue weighted by molar-refractivity contribution is 7.89. The van der Waals surface area contributed by atoms with Crippen LogP contribution in [0.3, 0.4) is 0 Å². The van der Waals surface area contributed by atoms with Gasteiger partial charge in [-0.1, -0.05) is 0 Å². The lowest BCUT2D eigenvalue weighted by Crippen LogP contribution is -2.52. The van der Waals surface area contributed by atoms with Crippen LogP contribution in [0.4, 0.5) is 0 Å². The third-order valence-electron chi connectivity index (χ3n) is 6.34. The van der Waals surface area contributed by atoms with Gasteiger partial charge in [-0.15, -0.1) is 0 Å². The summed E-state index contributed by atoms with van der Waals surface area (Å²) in [5.41, 5.74) is 1.27. The lowest BCUT2D eigenvalue weighted by molar-refractivity contribution is -0.139. The molecule has 0 bridgehead atoms. The van der Waals surface area contributed by atoms with Gasteiger partial charge in [0.2, 0.25) is 15.9 Å². The fourth-order valence-corrected chi connectivity index (χ4v) is 6.50. The van der Waals surface area contributed by atoms with Crippen LogP contribution in [-0.2, 0) is 24.3 Å². The summed E-state index contributed by atoms with van der Waals surface area (Å²) in [5.74, 6) is 0.560. The number of aryl methyl sites for hydroxylation is 2. The zero-order valence-electron chi connectivity index (χ0n) is 20.4. The van der Waals surface area contributed by atoms with E-state index in [0.29, 0.717) is 42.6 Å². The SMILES string of the molecule is COc1cc(C)c(S(=O)(=O)N2CCOC[C@H]2COCC(=O)N2CCN(C(C)C)CC2)c(C)c1. The Kier molecular flexibility index (Phi) is 8.74. The van der Waals surface area contributed by atoms with Crippen molar-refractivity contribution in [1.29, 1.82) is 0 Å². The fourth-order valence-electron chi connectivity index (χ4n) is 4.50. The van der Waals surface area contributed by atoms with Crippen LogP contribution < -0.4 is 4.74 Å². The summed E-state index contributed by atoms with van der Waals surface area (Å²) in [6, 6.07) is 3.43. The van der Waals surface area contributed by atoms with Gasteiger partial charge < -0.3 is 19.1 Å². The average Bonchev–Trinajstić information content (AvgIpc) is 2.78. The van der Waals surface area contributed by atoms with Gasteiger partial charge in [0.05, 0.1) is 37.9 Å². The molecule has 33 heavy (non-hydrogen) atoms. The van der Waals surface area contributed by atoms with Crippen LogP contribution in [0.5, 0.6) is 5.75 Å². The van der Waals surface area contributed by atoms with Gasteiger partial charge in [0.1, 0.15) is 12.4 Å². The number of nitrogens with zero attached hydrogens (tertiary/aromatic N) is 3. The second-order valence-electron chi connectivity index (χ2n) is 8.96. The van der Waals surface area contributed by atoms with E-state index in [0.717, 1.165) is 13.1 Å². The van der Waals surface area contributed by atoms with E-state index in [9.17, 15) is 13.2 Å². The zero-order chi connectivity index (χ0) is 24.2. The Morgan fingerprint density at radius 1 is 1.12 bits per heavy atom. The summed E-state index contributed by atoms with van der Waals surface area (Å²) in [4.78, 5) is 17.0. The van der Waals surface area contributed by atoms with E-state index in [1.807, 2.05) is 4.90 Å². The van der Waals surface area contributed by atoms with Crippen LogP contribution in [0, 0.1) is 13.8 Å². The van der Waals surface area contributed by atoms with Crippen molar-refractivity contribution in [2.75, 3.05) is 66.3 Å². The molecule has 2 fully saturated rings. The normalized spacial score (nSPS) is 20.9. The van der Waals surface area contributed by atoms with Gasteiger partial charge in [-0.2, -0.15) is 4.31 Å². The van der Waals surface area contributed by atoms with Crippen molar-refractivity contribution in [3.63, 3.8) is 0 Å². The number of morpholine rings is 1. The van der Waals surface area contributed by atoms with E-state index in [4.69, 9.17) is 14.2 Å². The molecule has 2 aliphatic rings. The summed E-state index contributed by atoms with van der Waals surface area (Å²) < 4.78 is 45.1. The topological polar surface area (TPSA) is 88.6 Å². The van der Waals surface area contributed by atoms with E-state index in [1.165, 1.54) is 4.31 Å². The smallest absolute Gasteiger partial charge is 0.248 e. The Morgan fingerprint density at radius 3 is 2.33 bits per heavy atom. The molecule has 0 radical (unpaired) electrons. The third-order valence-corrected chi connectivity index (χ3v) is 8.60. The van der Waals surface area contributed by atoms with Gasteiger partial charge in [-0.3, -0.25) is 9.69 Å². The monoisotopic (exact) mass is 483 g/mol. The number of carbonyl (C=O) groups is 1. The molecule has 1 aromatic carbocycles. The number of piperazine rings is 1. The number of methoxy groups -OCH3 is 1. The predicted molar refractivity (Wildman–Crippen MR) is 125 cm³/mol. The highest BCUT2D eigenvalue weighted by Gasteiger charge is 2.36. The number of sulfonamides is 1. The molecule has 2 aliphatic heterocycles. The maximum Gasteiger partial charge on any atom is 0.248 e. The van der Waals surface area contributed by atoms with Crippen molar-refractivity contribution in [2.45, 2.75) is 44.7 Å². The molecule has 2 saturated heterocycles. The number of hydrogen-bond acceptors (Lipinski definition) is 7. The molecule has 1 atom stereocenters. The van der Waals surface area contributed by atoms with E-state index in [-0.39, 0.29) is 37.2 Å². The maximum absolute atomic E-state index is 13.6. The Bertz CT molecular complexity index is 905. The molecule has 3 rings (SSSR count). The minimum atomic E-state index is -3.77. The first kappa shape index (κ1) is 25.9. The fraction of sp³-hybridized carbons (Fsp3) is 0.696.